The molecular formula is C18H21N3O3. The average molecular weight is 327 g/mol. The summed E-state index contributed by atoms with van der Waals surface area (Å²) in [7, 11) is 0. The Morgan fingerprint density at radius 2 is 2.04 bits per heavy atom. The molecule has 0 saturated carbocycles. The van der Waals surface area contributed by atoms with Gasteiger partial charge >= 0.3 is 6.03 Å². The van der Waals surface area contributed by atoms with E-state index < -0.39 is 0 Å². The van der Waals surface area contributed by atoms with E-state index in [2.05, 4.69) is 9.88 Å². The van der Waals surface area contributed by atoms with E-state index in [0.717, 1.165) is 43.0 Å². The Labute approximate surface area is 141 Å². The molecule has 6 nitrogen and oxygen atoms in total. The van der Waals surface area contributed by atoms with Gasteiger partial charge in [-0.15, -0.1) is 0 Å². The maximum atomic E-state index is 12.5. The largest absolute Gasteiger partial charge is 0.454 e. The lowest BCUT2D eigenvalue weighted by atomic mass is 10.0. The molecule has 24 heavy (non-hydrogen) atoms. The summed E-state index contributed by atoms with van der Waals surface area (Å²) >= 11 is 0. The number of hydrogen-bond donors (Lipinski definition) is 1. The van der Waals surface area contributed by atoms with Crippen LogP contribution < -0.4 is 14.8 Å². The molecule has 3 heterocycles. The number of likely N-dealkylation sites (tertiary alicyclic amines) is 1. The minimum atomic E-state index is 0.00215. The normalized spacial score (nSPS) is 18.8. The first-order valence-corrected chi connectivity index (χ1v) is 8.36. The molecule has 1 N–H and O–H groups in total. The molecule has 2 aliphatic heterocycles. The van der Waals surface area contributed by atoms with Crippen molar-refractivity contribution in [3.05, 3.63) is 48.3 Å². The first-order chi connectivity index (χ1) is 11.8. The molecule has 2 amide bonds. The number of benzene rings is 1. The molecule has 2 aromatic rings. The summed E-state index contributed by atoms with van der Waals surface area (Å²) < 4.78 is 12.9. The van der Waals surface area contributed by atoms with Crippen LogP contribution in [0.1, 0.15) is 24.4 Å². The number of aromatic nitrogens is 1. The van der Waals surface area contributed by atoms with Crippen LogP contribution in [0, 0.1) is 0 Å². The van der Waals surface area contributed by atoms with E-state index in [0.29, 0.717) is 6.54 Å². The maximum Gasteiger partial charge on any atom is 0.317 e. The summed E-state index contributed by atoms with van der Waals surface area (Å²) in [5.41, 5.74) is 1.11. The lowest BCUT2D eigenvalue weighted by molar-refractivity contribution is 0.173. The third kappa shape index (κ3) is 2.91. The number of rotatable bonds is 4. The summed E-state index contributed by atoms with van der Waals surface area (Å²) in [6.45, 7) is 2.46. The quantitative estimate of drug-likeness (QED) is 0.939. The molecule has 1 atom stereocenters. The smallest absolute Gasteiger partial charge is 0.317 e. The van der Waals surface area contributed by atoms with Gasteiger partial charge in [-0.25, -0.2) is 4.79 Å². The van der Waals surface area contributed by atoms with E-state index in [1.807, 2.05) is 47.6 Å². The Kier molecular flexibility index (Phi) is 4.02. The predicted octanol–water partition coefficient (Wildman–Crippen LogP) is 2.76. The van der Waals surface area contributed by atoms with E-state index in [1.54, 1.807) is 0 Å². The van der Waals surface area contributed by atoms with E-state index in [9.17, 15) is 4.79 Å². The molecular weight excluding hydrogens is 306 g/mol. The molecule has 126 valence electrons. The topological polar surface area (TPSA) is 55.7 Å². The first kappa shape index (κ1) is 14.9. The molecule has 2 aliphatic rings. The van der Waals surface area contributed by atoms with Gasteiger partial charge in [0.15, 0.2) is 11.5 Å². The fourth-order valence-electron chi connectivity index (χ4n) is 3.39. The highest BCUT2D eigenvalue weighted by atomic mass is 16.7. The molecule has 6 heteroatoms. The fraction of sp³-hybridized carbons (Fsp3) is 0.389. The van der Waals surface area contributed by atoms with Crippen LogP contribution in [-0.2, 0) is 6.54 Å². The number of ether oxygens (including phenoxy) is 2. The highest BCUT2D eigenvalue weighted by Gasteiger charge is 2.30. The standard InChI is InChI=1S/C18H21N3O3/c22-18(19-7-11-20-8-1-2-9-20)21-10-3-4-15(21)14-5-6-16-17(12-14)24-13-23-16/h1-2,5-6,8-9,12,15H,3-4,7,10-11,13H2,(H,19,22)/t15-/m0/s1. The van der Waals surface area contributed by atoms with Crippen molar-refractivity contribution >= 4 is 6.03 Å². The Hall–Kier alpha value is -2.63. The van der Waals surface area contributed by atoms with Gasteiger partial charge in [0.1, 0.15) is 0 Å². The molecule has 0 spiro atoms. The monoisotopic (exact) mass is 327 g/mol. The van der Waals surface area contributed by atoms with Crippen molar-refractivity contribution in [1.82, 2.24) is 14.8 Å². The number of nitrogens with one attached hydrogen (secondary N) is 1. The van der Waals surface area contributed by atoms with E-state index >= 15 is 0 Å². The van der Waals surface area contributed by atoms with Gasteiger partial charge in [0.2, 0.25) is 6.79 Å². The summed E-state index contributed by atoms with van der Waals surface area (Å²) in [4.78, 5) is 14.5. The molecule has 1 aromatic carbocycles. The second kappa shape index (κ2) is 6.47. The number of fused-ring (bicyclic) bond motifs is 1. The van der Waals surface area contributed by atoms with Crippen LogP contribution in [0.5, 0.6) is 11.5 Å². The highest BCUT2D eigenvalue weighted by molar-refractivity contribution is 5.75. The molecule has 4 rings (SSSR count). The van der Waals surface area contributed by atoms with Crippen LogP contribution >= 0.6 is 0 Å². The predicted molar refractivity (Wildman–Crippen MR) is 89.1 cm³/mol. The average Bonchev–Trinajstić information content (AvgIpc) is 3.34. The number of carbonyl (C=O) groups excluding carboxylic acids is 1. The Balaban J connectivity index is 1.39. The molecule has 0 aliphatic carbocycles. The third-order valence-corrected chi connectivity index (χ3v) is 4.61. The van der Waals surface area contributed by atoms with Gasteiger partial charge in [-0.3, -0.25) is 0 Å². The van der Waals surface area contributed by atoms with Gasteiger partial charge in [-0.1, -0.05) is 6.07 Å². The highest BCUT2D eigenvalue weighted by Crippen LogP contribution is 2.38. The number of amides is 2. The van der Waals surface area contributed by atoms with Gasteiger partial charge in [0.05, 0.1) is 6.04 Å². The zero-order valence-corrected chi connectivity index (χ0v) is 13.5. The number of nitrogens with zero attached hydrogens (tertiary/aromatic N) is 2. The van der Waals surface area contributed by atoms with Crippen molar-refractivity contribution in [2.24, 2.45) is 0 Å². The van der Waals surface area contributed by atoms with Crippen LogP contribution in [0.25, 0.3) is 0 Å². The van der Waals surface area contributed by atoms with Crippen LogP contribution in [0.15, 0.2) is 42.7 Å². The van der Waals surface area contributed by atoms with E-state index in [-0.39, 0.29) is 18.9 Å². The molecule has 0 unspecified atom stereocenters. The van der Waals surface area contributed by atoms with Crippen molar-refractivity contribution in [3.63, 3.8) is 0 Å². The van der Waals surface area contributed by atoms with Crippen molar-refractivity contribution < 1.29 is 14.3 Å². The van der Waals surface area contributed by atoms with E-state index in [4.69, 9.17) is 9.47 Å². The molecule has 1 aromatic heterocycles. The third-order valence-electron chi connectivity index (χ3n) is 4.61. The summed E-state index contributed by atoms with van der Waals surface area (Å²) in [6.07, 6.45) is 5.99. The van der Waals surface area contributed by atoms with Crippen molar-refractivity contribution in [3.8, 4) is 11.5 Å². The fourth-order valence-corrected chi connectivity index (χ4v) is 3.39. The van der Waals surface area contributed by atoms with Gasteiger partial charge in [0, 0.05) is 32.0 Å². The second-order valence-electron chi connectivity index (χ2n) is 6.12. The SMILES string of the molecule is O=C(NCCn1cccc1)N1CCC[C@H]1c1ccc2c(c1)OCO2. The van der Waals surface area contributed by atoms with Gasteiger partial charge in [-0.05, 0) is 42.7 Å². The molecule has 0 bridgehead atoms. The number of hydrogen-bond acceptors (Lipinski definition) is 3. The Bertz CT molecular complexity index is 714. The van der Waals surface area contributed by atoms with E-state index in [1.165, 1.54) is 0 Å². The lowest BCUT2D eigenvalue weighted by Crippen LogP contribution is -2.40. The molecule has 1 saturated heterocycles. The maximum absolute atomic E-state index is 12.5. The van der Waals surface area contributed by atoms with Crippen LogP contribution in [0.4, 0.5) is 4.79 Å². The second-order valence-corrected chi connectivity index (χ2v) is 6.12. The number of urea groups is 1. The summed E-state index contributed by atoms with van der Waals surface area (Å²) in [5, 5.41) is 3.03. The lowest BCUT2D eigenvalue weighted by Gasteiger charge is -2.25. The Morgan fingerprint density at radius 3 is 2.92 bits per heavy atom. The Morgan fingerprint density at radius 1 is 1.21 bits per heavy atom. The first-order valence-electron chi connectivity index (χ1n) is 8.36. The van der Waals surface area contributed by atoms with Crippen molar-refractivity contribution in [2.45, 2.75) is 25.4 Å². The number of carbonyl (C=O) groups is 1. The van der Waals surface area contributed by atoms with Gasteiger partial charge in [-0.2, -0.15) is 0 Å². The summed E-state index contributed by atoms with van der Waals surface area (Å²) in [6, 6.07) is 10.0. The zero-order chi connectivity index (χ0) is 16.4. The minimum Gasteiger partial charge on any atom is -0.454 e. The van der Waals surface area contributed by atoms with Crippen LogP contribution in [0.2, 0.25) is 0 Å². The minimum absolute atomic E-state index is 0.00215. The zero-order valence-electron chi connectivity index (χ0n) is 13.5. The van der Waals surface area contributed by atoms with Crippen LogP contribution in [-0.4, -0.2) is 35.4 Å². The van der Waals surface area contributed by atoms with Crippen LogP contribution in [0.3, 0.4) is 0 Å². The van der Waals surface area contributed by atoms with Gasteiger partial charge < -0.3 is 24.3 Å². The van der Waals surface area contributed by atoms with Crippen molar-refractivity contribution in [2.75, 3.05) is 19.9 Å². The molecule has 1 fully saturated rings. The van der Waals surface area contributed by atoms with Gasteiger partial charge in [0.25, 0.3) is 0 Å². The summed E-state index contributed by atoms with van der Waals surface area (Å²) in [5.74, 6) is 1.55. The van der Waals surface area contributed by atoms with Crippen molar-refractivity contribution in [1.29, 1.82) is 0 Å². The molecule has 0 radical (unpaired) electrons.